The number of aryl methyl sites for hydroxylation is 1. The van der Waals surface area contributed by atoms with Crippen LogP contribution in [0.15, 0.2) is 51.7 Å². The van der Waals surface area contributed by atoms with Gasteiger partial charge in [-0.15, -0.1) is 0 Å². The topological polar surface area (TPSA) is 97.3 Å². The molecule has 32 heavy (non-hydrogen) atoms. The molecule has 1 N–H and O–H groups in total. The first-order valence-corrected chi connectivity index (χ1v) is 10.5. The number of anilines is 1. The Morgan fingerprint density at radius 2 is 2.06 bits per heavy atom. The maximum atomic E-state index is 13.8. The van der Waals surface area contributed by atoms with Gasteiger partial charge in [0.25, 0.3) is 5.71 Å². The third-order valence-electron chi connectivity index (χ3n) is 5.75. The highest BCUT2D eigenvalue weighted by atomic mass is 19.1. The summed E-state index contributed by atoms with van der Waals surface area (Å²) in [6.45, 7) is 3.56. The Bertz CT molecular complexity index is 1260. The van der Waals surface area contributed by atoms with Gasteiger partial charge in [-0.1, -0.05) is 17.3 Å². The van der Waals surface area contributed by atoms with Crippen molar-refractivity contribution in [3.8, 4) is 11.3 Å². The number of benzene rings is 1. The first-order chi connectivity index (χ1) is 15.6. The summed E-state index contributed by atoms with van der Waals surface area (Å²) in [6.07, 6.45) is 2.81. The fourth-order valence-corrected chi connectivity index (χ4v) is 4.10. The van der Waals surface area contributed by atoms with Crippen LogP contribution in [0.2, 0.25) is 0 Å². The number of halogens is 1. The first kappa shape index (κ1) is 20.2. The molecule has 164 valence electrons. The summed E-state index contributed by atoms with van der Waals surface area (Å²) in [5.74, 6) is 1.84. The number of rotatable bonds is 5. The van der Waals surface area contributed by atoms with Crippen molar-refractivity contribution in [2.75, 3.05) is 18.0 Å². The van der Waals surface area contributed by atoms with E-state index >= 15 is 0 Å². The number of hydrogen-bond donors (Lipinski definition) is 1. The van der Waals surface area contributed by atoms with Crippen LogP contribution in [0.3, 0.4) is 0 Å². The summed E-state index contributed by atoms with van der Waals surface area (Å²) >= 11 is 0. The van der Waals surface area contributed by atoms with Gasteiger partial charge in [-0.3, -0.25) is 4.79 Å². The Morgan fingerprint density at radius 3 is 2.81 bits per heavy atom. The second-order valence-electron chi connectivity index (χ2n) is 7.91. The summed E-state index contributed by atoms with van der Waals surface area (Å²) < 4.78 is 24.7. The smallest absolute Gasteiger partial charge is 0.263 e. The van der Waals surface area contributed by atoms with Crippen molar-refractivity contribution in [2.24, 2.45) is 5.92 Å². The lowest BCUT2D eigenvalue weighted by Gasteiger charge is -2.32. The van der Waals surface area contributed by atoms with Crippen molar-refractivity contribution in [3.05, 3.63) is 60.1 Å². The highest BCUT2D eigenvalue weighted by molar-refractivity contribution is 5.98. The molecule has 0 atom stereocenters. The van der Waals surface area contributed by atoms with Gasteiger partial charge in [0.05, 0.1) is 6.54 Å². The largest absolute Gasteiger partial charge is 0.465 e. The van der Waals surface area contributed by atoms with Gasteiger partial charge in [0.15, 0.2) is 0 Å². The molecule has 0 unspecified atom stereocenters. The number of fused-ring (bicyclic) bond motifs is 1. The van der Waals surface area contributed by atoms with Gasteiger partial charge >= 0.3 is 0 Å². The molecule has 9 heteroatoms. The van der Waals surface area contributed by atoms with Gasteiger partial charge in [-0.2, -0.15) is 4.98 Å². The first-order valence-electron chi connectivity index (χ1n) is 10.5. The molecule has 1 saturated heterocycles. The van der Waals surface area contributed by atoms with Crippen molar-refractivity contribution >= 4 is 22.8 Å². The van der Waals surface area contributed by atoms with E-state index in [1.54, 1.807) is 12.1 Å². The van der Waals surface area contributed by atoms with E-state index in [2.05, 4.69) is 25.3 Å². The van der Waals surface area contributed by atoms with E-state index in [4.69, 9.17) is 8.94 Å². The SMILES string of the molecule is Cc1ccc(CNC(=O)C2CCN(c3ncnc4onc(-c5cccc(F)c5)c34)CC2)o1. The average Bonchev–Trinajstić information content (AvgIpc) is 3.43. The van der Waals surface area contributed by atoms with Gasteiger partial charge in [0.1, 0.15) is 40.6 Å². The molecule has 5 rings (SSSR count). The monoisotopic (exact) mass is 435 g/mol. The maximum Gasteiger partial charge on any atom is 0.263 e. The van der Waals surface area contributed by atoms with E-state index < -0.39 is 0 Å². The fourth-order valence-electron chi connectivity index (χ4n) is 4.10. The molecule has 0 bridgehead atoms. The second-order valence-corrected chi connectivity index (χ2v) is 7.91. The maximum absolute atomic E-state index is 13.8. The minimum absolute atomic E-state index is 0.0250. The second kappa shape index (κ2) is 8.41. The number of amides is 1. The molecule has 1 aliphatic rings. The van der Waals surface area contributed by atoms with Crippen LogP contribution in [0.4, 0.5) is 10.2 Å². The van der Waals surface area contributed by atoms with Crippen LogP contribution in [-0.2, 0) is 11.3 Å². The van der Waals surface area contributed by atoms with E-state index in [0.717, 1.165) is 11.5 Å². The predicted octanol–water partition coefficient (Wildman–Crippen LogP) is 3.86. The molecule has 0 aliphatic carbocycles. The number of carbonyl (C=O) groups is 1. The highest BCUT2D eigenvalue weighted by Crippen LogP contribution is 2.34. The lowest BCUT2D eigenvalue weighted by atomic mass is 9.95. The highest BCUT2D eigenvalue weighted by Gasteiger charge is 2.28. The third-order valence-corrected chi connectivity index (χ3v) is 5.75. The summed E-state index contributed by atoms with van der Waals surface area (Å²) in [7, 11) is 0. The van der Waals surface area contributed by atoms with Crippen LogP contribution in [0.5, 0.6) is 0 Å². The molecule has 0 radical (unpaired) electrons. The Hall–Kier alpha value is -3.75. The zero-order valence-electron chi connectivity index (χ0n) is 17.5. The number of piperidine rings is 1. The van der Waals surface area contributed by atoms with Gasteiger partial charge in [0.2, 0.25) is 5.91 Å². The zero-order valence-corrected chi connectivity index (χ0v) is 17.5. The van der Waals surface area contributed by atoms with Gasteiger partial charge in [0, 0.05) is 24.6 Å². The van der Waals surface area contributed by atoms with Crippen molar-refractivity contribution in [1.82, 2.24) is 20.4 Å². The van der Waals surface area contributed by atoms with Crippen LogP contribution in [0.25, 0.3) is 22.4 Å². The number of hydrogen-bond acceptors (Lipinski definition) is 7. The van der Waals surface area contributed by atoms with Crippen molar-refractivity contribution in [3.63, 3.8) is 0 Å². The standard InChI is InChI=1S/C23H22FN5O3/c1-14-5-6-18(31-14)12-25-22(30)15-7-9-29(10-8-15)21-19-20(16-3-2-4-17(24)11-16)28-32-23(19)27-13-26-21/h2-6,11,13,15H,7-10,12H2,1H3,(H,25,30). The molecule has 0 saturated carbocycles. The summed E-state index contributed by atoms with van der Waals surface area (Å²) in [6, 6.07) is 9.94. The molecular weight excluding hydrogens is 413 g/mol. The number of carbonyl (C=O) groups excluding carboxylic acids is 1. The van der Waals surface area contributed by atoms with Gasteiger partial charge in [-0.25, -0.2) is 9.37 Å². The normalized spacial score (nSPS) is 14.8. The van der Waals surface area contributed by atoms with Crippen molar-refractivity contribution in [2.45, 2.75) is 26.3 Å². The lowest BCUT2D eigenvalue weighted by Crippen LogP contribution is -2.40. The van der Waals surface area contributed by atoms with Crippen molar-refractivity contribution < 1.29 is 18.1 Å². The minimum atomic E-state index is -0.353. The number of furan rings is 1. The Balaban J connectivity index is 1.31. The predicted molar refractivity (Wildman–Crippen MR) is 115 cm³/mol. The zero-order chi connectivity index (χ0) is 22.1. The minimum Gasteiger partial charge on any atom is -0.465 e. The molecule has 0 spiro atoms. The molecule has 4 heterocycles. The molecule has 1 amide bonds. The van der Waals surface area contributed by atoms with E-state index in [0.29, 0.717) is 60.7 Å². The van der Waals surface area contributed by atoms with Crippen molar-refractivity contribution in [1.29, 1.82) is 0 Å². The van der Waals surface area contributed by atoms with Gasteiger partial charge < -0.3 is 19.2 Å². The average molecular weight is 435 g/mol. The Morgan fingerprint density at radius 1 is 1.22 bits per heavy atom. The van der Waals surface area contributed by atoms with E-state index in [1.807, 2.05) is 19.1 Å². The van der Waals surface area contributed by atoms with Crippen LogP contribution in [0.1, 0.15) is 24.4 Å². The van der Waals surface area contributed by atoms with Crippen LogP contribution in [-0.4, -0.2) is 34.1 Å². The Labute approximate surface area is 183 Å². The number of nitrogens with zero attached hydrogens (tertiary/aromatic N) is 4. The quantitative estimate of drug-likeness (QED) is 0.508. The fraction of sp³-hybridized carbons (Fsp3) is 0.304. The molecule has 1 aromatic carbocycles. The van der Waals surface area contributed by atoms with Crippen LogP contribution < -0.4 is 10.2 Å². The van der Waals surface area contributed by atoms with E-state index in [1.165, 1.54) is 18.5 Å². The van der Waals surface area contributed by atoms with Crippen LogP contribution in [0, 0.1) is 18.7 Å². The molecule has 1 aliphatic heterocycles. The lowest BCUT2D eigenvalue weighted by molar-refractivity contribution is -0.125. The molecule has 3 aromatic heterocycles. The number of aromatic nitrogens is 3. The molecule has 1 fully saturated rings. The third kappa shape index (κ3) is 3.93. The van der Waals surface area contributed by atoms with E-state index in [-0.39, 0.29) is 17.6 Å². The van der Waals surface area contributed by atoms with E-state index in [9.17, 15) is 9.18 Å². The molecular formula is C23H22FN5O3. The molecule has 4 aromatic rings. The van der Waals surface area contributed by atoms with Crippen LogP contribution >= 0.6 is 0 Å². The Kier molecular flexibility index (Phi) is 5.30. The summed E-state index contributed by atoms with van der Waals surface area (Å²) in [5, 5.41) is 7.72. The van der Waals surface area contributed by atoms with Gasteiger partial charge in [-0.05, 0) is 44.0 Å². The summed E-state index contributed by atoms with van der Waals surface area (Å²) in [5.41, 5.74) is 1.45. The summed E-state index contributed by atoms with van der Waals surface area (Å²) in [4.78, 5) is 23.3. The number of nitrogens with one attached hydrogen (secondary N) is 1. The molecule has 8 nitrogen and oxygen atoms in total.